The topological polar surface area (TPSA) is 41.8 Å². The van der Waals surface area contributed by atoms with Gasteiger partial charge in [0, 0.05) is 17.8 Å². The molecule has 0 aliphatic carbocycles. The van der Waals surface area contributed by atoms with Crippen LogP contribution in [0.25, 0.3) is 0 Å². The van der Waals surface area contributed by atoms with E-state index in [1.165, 1.54) is 0 Å². The highest BCUT2D eigenvalue weighted by Gasteiger charge is 2.12. The van der Waals surface area contributed by atoms with Crippen molar-refractivity contribution >= 4 is 6.21 Å². The molecule has 0 atom stereocenters. The molecule has 0 bridgehead atoms. The van der Waals surface area contributed by atoms with Crippen molar-refractivity contribution in [2.45, 2.75) is 26.3 Å². The van der Waals surface area contributed by atoms with Crippen molar-refractivity contribution < 1.29 is 9.84 Å². The van der Waals surface area contributed by atoms with E-state index >= 15 is 0 Å². The SMILES string of the molecule is COc1cc(O)c(C=NCc2ccccc2)c(C(C)C)c1. The first-order chi connectivity index (χ1) is 10.1. The summed E-state index contributed by atoms with van der Waals surface area (Å²) in [6.45, 7) is 4.77. The minimum atomic E-state index is 0.204. The average Bonchev–Trinajstić information content (AvgIpc) is 2.49. The molecule has 0 heterocycles. The Morgan fingerprint density at radius 1 is 1.19 bits per heavy atom. The molecule has 2 rings (SSSR count). The molecule has 3 nitrogen and oxygen atoms in total. The van der Waals surface area contributed by atoms with Crippen molar-refractivity contribution in [2.24, 2.45) is 4.99 Å². The Morgan fingerprint density at radius 3 is 2.52 bits per heavy atom. The third-order valence-corrected chi connectivity index (χ3v) is 3.36. The highest BCUT2D eigenvalue weighted by Crippen LogP contribution is 2.31. The molecule has 0 spiro atoms. The van der Waals surface area contributed by atoms with Crippen LogP contribution in [-0.4, -0.2) is 18.4 Å². The Labute approximate surface area is 125 Å². The number of benzene rings is 2. The van der Waals surface area contributed by atoms with Crippen LogP contribution < -0.4 is 4.74 Å². The maximum absolute atomic E-state index is 10.2. The van der Waals surface area contributed by atoms with Gasteiger partial charge in [0.15, 0.2) is 0 Å². The van der Waals surface area contributed by atoms with E-state index in [9.17, 15) is 5.11 Å². The molecule has 0 radical (unpaired) electrons. The van der Waals surface area contributed by atoms with Gasteiger partial charge in [0.05, 0.1) is 13.7 Å². The molecule has 0 aliphatic rings. The van der Waals surface area contributed by atoms with Gasteiger partial charge in [-0.3, -0.25) is 4.99 Å². The van der Waals surface area contributed by atoms with Crippen LogP contribution in [0.4, 0.5) is 0 Å². The van der Waals surface area contributed by atoms with Crippen LogP contribution in [0.2, 0.25) is 0 Å². The molecule has 2 aromatic carbocycles. The van der Waals surface area contributed by atoms with Crippen molar-refractivity contribution in [1.82, 2.24) is 0 Å². The van der Waals surface area contributed by atoms with Crippen molar-refractivity contribution in [3.8, 4) is 11.5 Å². The standard InChI is InChI=1S/C18H21NO2/c1-13(2)16-9-15(21-3)10-18(20)17(16)12-19-11-14-7-5-4-6-8-14/h4-10,12-13,20H,11H2,1-3H3. The van der Waals surface area contributed by atoms with E-state index in [2.05, 4.69) is 18.8 Å². The van der Waals surface area contributed by atoms with E-state index in [0.29, 0.717) is 12.3 Å². The zero-order valence-electron chi connectivity index (χ0n) is 12.7. The Kier molecular flexibility index (Phi) is 4.99. The maximum Gasteiger partial charge on any atom is 0.128 e. The van der Waals surface area contributed by atoms with Crippen LogP contribution in [0.15, 0.2) is 47.5 Å². The molecule has 0 saturated carbocycles. The summed E-state index contributed by atoms with van der Waals surface area (Å²) in [6.07, 6.45) is 1.75. The Morgan fingerprint density at radius 2 is 1.90 bits per heavy atom. The number of hydrogen-bond donors (Lipinski definition) is 1. The highest BCUT2D eigenvalue weighted by atomic mass is 16.5. The Bertz CT molecular complexity index is 619. The third kappa shape index (κ3) is 3.85. The van der Waals surface area contributed by atoms with E-state index in [1.54, 1.807) is 19.4 Å². The fraction of sp³-hybridized carbons (Fsp3) is 0.278. The number of hydrogen-bond acceptors (Lipinski definition) is 3. The van der Waals surface area contributed by atoms with Crippen molar-refractivity contribution in [3.63, 3.8) is 0 Å². The summed E-state index contributed by atoms with van der Waals surface area (Å²) in [7, 11) is 1.60. The fourth-order valence-electron chi connectivity index (χ4n) is 2.20. The molecule has 110 valence electrons. The fourth-order valence-corrected chi connectivity index (χ4v) is 2.20. The molecule has 0 saturated heterocycles. The van der Waals surface area contributed by atoms with Crippen LogP contribution in [-0.2, 0) is 6.54 Å². The number of aromatic hydroxyl groups is 1. The molecular weight excluding hydrogens is 262 g/mol. The molecule has 0 aliphatic heterocycles. The average molecular weight is 283 g/mol. The van der Waals surface area contributed by atoms with Crippen LogP contribution in [0.3, 0.4) is 0 Å². The summed E-state index contributed by atoms with van der Waals surface area (Å²) in [5.74, 6) is 1.15. The van der Waals surface area contributed by atoms with Gasteiger partial charge in [0.25, 0.3) is 0 Å². The summed E-state index contributed by atoms with van der Waals surface area (Å²) >= 11 is 0. The van der Waals surface area contributed by atoms with Gasteiger partial charge in [0.2, 0.25) is 0 Å². The molecular formula is C18H21NO2. The highest BCUT2D eigenvalue weighted by molar-refractivity contribution is 5.86. The summed E-state index contributed by atoms with van der Waals surface area (Å²) in [4.78, 5) is 4.45. The number of ether oxygens (including phenoxy) is 1. The van der Waals surface area contributed by atoms with E-state index in [4.69, 9.17) is 4.74 Å². The molecule has 0 fully saturated rings. The van der Waals surface area contributed by atoms with Crippen LogP contribution >= 0.6 is 0 Å². The summed E-state index contributed by atoms with van der Waals surface area (Å²) in [5, 5.41) is 10.2. The molecule has 1 N–H and O–H groups in total. The second kappa shape index (κ2) is 6.93. The third-order valence-electron chi connectivity index (χ3n) is 3.36. The number of phenols is 1. The zero-order valence-corrected chi connectivity index (χ0v) is 12.7. The van der Waals surface area contributed by atoms with E-state index in [1.807, 2.05) is 36.4 Å². The van der Waals surface area contributed by atoms with Gasteiger partial charge in [0.1, 0.15) is 11.5 Å². The lowest BCUT2D eigenvalue weighted by atomic mass is 9.96. The van der Waals surface area contributed by atoms with E-state index in [0.717, 1.165) is 16.7 Å². The van der Waals surface area contributed by atoms with Crippen molar-refractivity contribution in [3.05, 3.63) is 59.2 Å². The van der Waals surface area contributed by atoms with Gasteiger partial charge in [-0.1, -0.05) is 44.2 Å². The predicted octanol–water partition coefficient (Wildman–Crippen LogP) is 4.14. The number of aliphatic imine (C=N–C) groups is 1. The lowest BCUT2D eigenvalue weighted by Gasteiger charge is -2.13. The van der Waals surface area contributed by atoms with E-state index < -0.39 is 0 Å². The van der Waals surface area contributed by atoms with Gasteiger partial charge in [-0.25, -0.2) is 0 Å². The second-order valence-electron chi connectivity index (χ2n) is 5.26. The molecule has 0 amide bonds. The quantitative estimate of drug-likeness (QED) is 0.838. The summed E-state index contributed by atoms with van der Waals surface area (Å²) in [5.41, 5.74) is 2.94. The van der Waals surface area contributed by atoms with Gasteiger partial charge in [-0.15, -0.1) is 0 Å². The van der Waals surface area contributed by atoms with Crippen molar-refractivity contribution in [2.75, 3.05) is 7.11 Å². The Balaban J connectivity index is 2.26. The first kappa shape index (κ1) is 15.1. The first-order valence-corrected chi connectivity index (χ1v) is 7.06. The number of methoxy groups -OCH3 is 1. The smallest absolute Gasteiger partial charge is 0.128 e. The second-order valence-corrected chi connectivity index (χ2v) is 5.26. The van der Waals surface area contributed by atoms with Gasteiger partial charge >= 0.3 is 0 Å². The lowest BCUT2D eigenvalue weighted by molar-refractivity contribution is 0.406. The van der Waals surface area contributed by atoms with Crippen molar-refractivity contribution in [1.29, 1.82) is 0 Å². The molecule has 2 aromatic rings. The minimum absolute atomic E-state index is 0.204. The van der Waals surface area contributed by atoms with Gasteiger partial charge in [-0.2, -0.15) is 0 Å². The summed E-state index contributed by atoms with van der Waals surface area (Å²) in [6, 6.07) is 13.6. The van der Waals surface area contributed by atoms with Crippen LogP contribution in [0.1, 0.15) is 36.5 Å². The van der Waals surface area contributed by atoms with Gasteiger partial charge in [-0.05, 0) is 23.1 Å². The normalized spacial score (nSPS) is 11.2. The Hall–Kier alpha value is -2.29. The molecule has 21 heavy (non-hydrogen) atoms. The number of phenolic OH excluding ortho intramolecular Hbond substituents is 1. The van der Waals surface area contributed by atoms with E-state index in [-0.39, 0.29) is 11.7 Å². The summed E-state index contributed by atoms with van der Waals surface area (Å²) < 4.78 is 5.21. The van der Waals surface area contributed by atoms with Gasteiger partial charge < -0.3 is 9.84 Å². The molecule has 0 aromatic heterocycles. The largest absolute Gasteiger partial charge is 0.507 e. The van der Waals surface area contributed by atoms with Crippen LogP contribution in [0.5, 0.6) is 11.5 Å². The predicted molar refractivity (Wildman–Crippen MR) is 86.5 cm³/mol. The number of rotatable bonds is 5. The first-order valence-electron chi connectivity index (χ1n) is 7.06. The zero-order chi connectivity index (χ0) is 15.2. The maximum atomic E-state index is 10.2. The minimum Gasteiger partial charge on any atom is -0.507 e. The van der Waals surface area contributed by atoms with Crippen LogP contribution in [0, 0.1) is 0 Å². The lowest BCUT2D eigenvalue weighted by Crippen LogP contribution is -1.98. The monoisotopic (exact) mass is 283 g/mol. The number of nitrogens with zero attached hydrogens (tertiary/aromatic N) is 1. The molecule has 3 heteroatoms. The molecule has 0 unspecified atom stereocenters.